The van der Waals surface area contributed by atoms with E-state index in [0.29, 0.717) is 11.4 Å². The third-order valence-electron chi connectivity index (χ3n) is 6.51. The van der Waals surface area contributed by atoms with Crippen LogP contribution < -0.4 is 9.80 Å². The average Bonchev–Trinajstić information content (AvgIpc) is 3.15. The smallest absolute Gasteiger partial charge is 0.270 e. The number of hydrogen-bond acceptors (Lipinski definition) is 3. The summed E-state index contributed by atoms with van der Waals surface area (Å²) in [6.45, 7) is 8.18. The Morgan fingerprint density at radius 2 is 1.14 bits per heavy atom. The van der Waals surface area contributed by atoms with Crippen LogP contribution in [0.5, 0.6) is 0 Å². The number of aromatic nitrogens is 1. The Morgan fingerprint density at radius 1 is 0.649 bits per heavy atom. The first kappa shape index (κ1) is 24.4. The predicted octanol–water partition coefficient (Wildman–Crippen LogP) is 6.46. The number of para-hydroxylation sites is 2. The Kier molecular flexibility index (Phi) is 6.36. The van der Waals surface area contributed by atoms with Gasteiger partial charge in [0.05, 0.1) is 11.4 Å². The first-order chi connectivity index (χ1) is 17.8. The molecule has 37 heavy (non-hydrogen) atoms. The predicted molar refractivity (Wildman–Crippen MR) is 153 cm³/mol. The molecule has 0 radical (unpaired) electrons. The summed E-state index contributed by atoms with van der Waals surface area (Å²) in [5.74, 6) is -0.880. The zero-order valence-corrected chi connectivity index (χ0v) is 22.0. The van der Waals surface area contributed by atoms with Gasteiger partial charge in [-0.3, -0.25) is 19.4 Å². The summed E-state index contributed by atoms with van der Waals surface area (Å²) < 4.78 is 2.15. The van der Waals surface area contributed by atoms with Crippen LogP contribution in [0.15, 0.2) is 90.5 Å². The fraction of sp³-hybridized carbons (Fsp3) is 0.129. The zero-order chi connectivity index (χ0) is 26.3. The van der Waals surface area contributed by atoms with Crippen LogP contribution in [0, 0.1) is 27.7 Å². The van der Waals surface area contributed by atoms with Gasteiger partial charge < -0.3 is 4.57 Å². The van der Waals surface area contributed by atoms with Crippen LogP contribution >= 0.6 is 12.2 Å². The maximum absolute atomic E-state index is 13.8. The van der Waals surface area contributed by atoms with E-state index in [9.17, 15) is 9.59 Å². The van der Waals surface area contributed by atoms with Gasteiger partial charge in [-0.05, 0) is 105 Å². The van der Waals surface area contributed by atoms with Gasteiger partial charge in [-0.2, -0.15) is 0 Å². The van der Waals surface area contributed by atoms with Crippen molar-refractivity contribution in [3.05, 3.63) is 119 Å². The van der Waals surface area contributed by atoms with E-state index in [0.717, 1.165) is 22.6 Å². The van der Waals surface area contributed by atoms with E-state index in [2.05, 4.69) is 36.6 Å². The number of hydrogen-bond donors (Lipinski definition) is 0. The van der Waals surface area contributed by atoms with E-state index in [4.69, 9.17) is 12.2 Å². The van der Waals surface area contributed by atoms with Crippen molar-refractivity contribution in [3.8, 4) is 5.69 Å². The van der Waals surface area contributed by atoms with Crippen molar-refractivity contribution in [2.24, 2.45) is 0 Å². The molecule has 1 fully saturated rings. The van der Waals surface area contributed by atoms with E-state index >= 15 is 0 Å². The third kappa shape index (κ3) is 4.41. The fourth-order valence-corrected chi connectivity index (χ4v) is 5.28. The minimum absolute atomic E-state index is 0.0574. The monoisotopic (exact) mass is 505 g/mol. The summed E-state index contributed by atoms with van der Waals surface area (Å²) in [5.41, 5.74) is 7.44. The topological polar surface area (TPSA) is 45.6 Å². The van der Waals surface area contributed by atoms with Crippen molar-refractivity contribution < 1.29 is 9.59 Å². The van der Waals surface area contributed by atoms with Crippen molar-refractivity contribution in [3.63, 3.8) is 0 Å². The number of carbonyl (C=O) groups excluding carboxylic acids is 2. The van der Waals surface area contributed by atoms with Crippen molar-refractivity contribution in [2.75, 3.05) is 9.80 Å². The molecule has 0 atom stereocenters. The van der Waals surface area contributed by atoms with Crippen LogP contribution in [0.4, 0.5) is 11.4 Å². The quantitative estimate of drug-likeness (QED) is 0.182. The van der Waals surface area contributed by atoms with Crippen LogP contribution in [0.25, 0.3) is 11.8 Å². The van der Waals surface area contributed by atoms with Gasteiger partial charge in [-0.1, -0.05) is 42.5 Å². The molecule has 4 aromatic rings. The van der Waals surface area contributed by atoms with Gasteiger partial charge in [0.25, 0.3) is 11.8 Å². The average molecular weight is 506 g/mol. The second-order valence-corrected chi connectivity index (χ2v) is 9.67. The number of aryl methyl sites for hydroxylation is 3. The van der Waals surface area contributed by atoms with Gasteiger partial charge in [0, 0.05) is 17.1 Å². The Hall–Kier alpha value is -4.29. The maximum Gasteiger partial charge on any atom is 0.270 e. The fourth-order valence-electron chi connectivity index (χ4n) is 4.91. The molecule has 0 saturated carbocycles. The minimum Gasteiger partial charge on any atom is -0.318 e. The highest BCUT2D eigenvalue weighted by Crippen LogP contribution is 2.31. The van der Waals surface area contributed by atoms with Gasteiger partial charge in [0.1, 0.15) is 5.57 Å². The normalized spacial score (nSPS) is 13.9. The molecule has 1 aromatic heterocycles. The second-order valence-electron chi connectivity index (χ2n) is 9.30. The summed E-state index contributed by atoms with van der Waals surface area (Å²) in [7, 11) is 0. The molecule has 2 heterocycles. The first-order valence-corrected chi connectivity index (χ1v) is 12.5. The summed E-state index contributed by atoms with van der Waals surface area (Å²) in [6.07, 6.45) is 1.69. The van der Waals surface area contributed by atoms with Crippen LogP contribution in [0.1, 0.15) is 28.1 Å². The molecule has 1 aliphatic heterocycles. The third-order valence-corrected chi connectivity index (χ3v) is 6.88. The molecule has 3 aromatic carbocycles. The molecule has 0 aliphatic carbocycles. The summed E-state index contributed by atoms with van der Waals surface area (Å²) in [6, 6.07) is 26.8. The number of anilines is 2. The standard InChI is InChI=1S/C31H27N3O2S/c1-20-15-21(2)17-27(16-20)32-22(3)18-24(23(32)4)19-28-29(35)33(25-11-7-5-8-12-25)31(37)34(30(28)36)26-13-9-6-10-14-26/h5-19H,1-4H3. The van der Waals surface area contributed by atoms with E-state index in [1.807, 2.05) is 80.6 Å². The largest absolute Gasteiger partial charge is 0.318 e. The molecular weight excluding hydrogens is 478 g/mol. The lowest BCUT2D eigenvalue weighted by molar-refractivity contribution is -0.120. The zero-order valence-electron chi connectivity index (χ0n) is 21.2. The summed E-state index contributed by atoms with van der Waals surface area (Å²) >= 11 is 5.70. The number of rotatable bonds is 4. The molecular formula is C31H27N3O2S. The van der Waals surface area contributed by atoms with Crippen molar-refractivity contribution in [1.29, 1.82) is 0 Å². The molecule has 1 aliphatic rings. The molecule has 0 spiro atoms. The Bertz CT molecular complexity index is 1490. The van der Waals surface area contributed by atoms with Crippen molar-refractivity contribution in [2.45, 2.75) is 27.7 Å². The molecule has 1 saturated heterocycles. The van der Waals surface area contributed by atoms with E-state index in [1.54, 1.807) is 6.08 Å². The maximum atomic E-state index is 13.8. The van der Waals surface area contributed by atoms with E-state index in [-0.39, 0.29) is 10.7 Å². The van der Waals surface area contributed by atoms with Gasteiger partial charge in [-0.15, -0.1) is 0 Å². The van der Waals surface area contributed by atoms with Crippen LogP contribution in [0.2, 0.25) is 0 Å². The van der Waals surface area contributed by atoms with Crippen LogP contribution in [0.3, 0.4) is 0 Å². The molecule has 5 rings (SSSR count). The number of nitrogens with zero attached hydrogens (tertiary/aromatic N) is 3. The molecule has 0 N–H and O–H groups in total. The van der Waals surface area contributed by atoms with Crippen molar-refractivity contribution >= 4 is 46.6 Å². The Morgan fingerprint density at radius 3 is 1.62 bits per heavy atom. The lowest BCUT2D eigenvalue weighted by Gasteiger charge is -2.36. The lowest BCUT2D eigenvalue weighted by atomic mass is 10.0. The van der Waals surface area contributed by atoms with Crippen LogP contribution in [-0.2, 0) is 9.59 Å². The number of benzene rings is 3. The molecule has 0 unspecified atom stereocenters. The first-order valence-electron chi connectivity index (χ1n) is 12.1. The lowest BCUT2D eigenvalue weighted by Crippen LogP contribution is -2.56. The Balaban J connectivity index is 1.66. The highest BCUT2D eigenvalue weighted by Gasteiger charge is 2.41. The minimum atomic E-state index is -0.440. The summed E-state index contributed by atoms with van der Waals surface area (Å²) in [4.78, 5) is 30.5. The molecule has 6 heteroatoms. The van der Waals surface area contributed by atoms with E-state index in [1.165, 1.54) is 20.9 Å². The highest BCUT2D eigenvalue weighted by molar-refractivity contribution is 7.81. The molecule has 184 valence electrons. The summed E-state index contributed by atoms with van der Waals surface area (Å²) in [5, 5.41) is 0.130. The van der Waals surface area contributed by atoms with Gasteiger partial charge >= 0.3 is 0 Å². The van der Waals surface area contributed by atoms with Crippen LogP contribution in [-0.4, -0.2) is 21.5 Å². The van der Waals surface area contributed by atoms with Crippen molar-refractivity contribution in [1.82, 2.24) is 4.57 Å². The van der Waals surface area contributed by atoms with Gasteiger partial charge in [0.2, 0.25) is 0 Å². The molecule has 5 nitrogen and oxygen atoms in total. The second kappa shape index (κ2) is 9.64. The Labute approximate surface area is 222 Å². The number of carbonyl (C=O) groups is 2. The number of thiocarbonyl (C=S) groups is 1. The highest BCUT2D eigenvalue weighted by atomic mass is 32.1. The SMILES string of the molecule is Cc1cc(C)cc(-n2c(C)cc(C=C3C(=O)N(c4ccccc4)C(=S)N(c4ccccc4)C3=O)c2C)c1. The van der Waals surface area contributed by atoms with Gasteiger partial charge in [0.15, 0.2) is 5.11 Å². The number of amides is 2. The molecule has 0 bridgehead atoms. The van der Waals surface area contributed by atoms with Gasteiger partial charge in [-0.25, -0.2) is 0 Å². The molecule has 2 amide bonds. The van der Waals surface area contributed by atoms with E-state index < -0.39 is 11.8 Å².